The summed E-state index contributed by atoms with van der Waals surface area (Å²) in [6.45, 7) is 5.49. The van der Waals surface area contributed by atoms with Gasteiger partial charge in [-0.05, 0) is 42.7 Å². The Bertz CT molecular complexity index is 710. The molecule has 1 saturated heterocycles. The molecule has 0 radical (unpaired) electrons. The molecule has 1 atom stereocenters. The van der Waals surface area contributed by atoms with Gasteiger partial charge < -0.3 is 15.7 Å². The van der Waals surface area contributed by atoms with Crippen molar-refractivity contribution >= 4 is 11.8 Å². The number of nitrogens with two attached hydrogens (primary N) is 1. The lowest BCUT2D eigenvalue weighted by Crippen LogP contribution is -2.63. The molecule has 1 aliphatic heterocycles. The number of hydrogen-bond acceptors (Lipinski definition) is 4. The molecule has 1 saturated carbocycles. The zero-order valence-corrected chi connectivity index (χ0v) is 17.0. The average molecular weight is 388 g/mol. The Morgan fingerprint density at radius 3 is 2.39 bits per heavy atom. The summed E-state index contributed by atoms with van der Waals surface area (Å²) < 4.78 is 0. The third-order valence-corrected chi connectivity index (χ3v) is 6.37. The third kappa shape index (κ3) is 4.23. The van der Waals surface area contributed by atoms with E-state index in [0.29, 0.717) is 38.3 Å². The van der Waals surface area contributed by atoms with Gasteiger partial charge >= 0.3 is 0 Å². The lowest BCUT2D eigenvalue weighted by atomic mass is 9.88. The summed E-state index contributed by atoms with van der Waals surface area (Å²) in [5.41, 5.74) is 5.66. The van der Waals surface area contributed by atoms with E-state index in [0.717, 1.165) is 24.8 Å². The molecule has 1 heterocycles. The Hall–Kier alpha value is -1.92. The maximum Gasteiger partial charge on any atom is 0.256 e. The summed E-state index contributed by atoms with van der Waals surface area (Å²) in [5, 5.41) is 14.2. The number of carbonyl (C=O) groups is 2. The van der Waals surface area contributed by atoms with Crippen molar-refractivity contribution in [3.05, 3.63) is 35.4 Å². The lowest BCUT2D eigenvalue weighted by molar-refractivity contribution is -0.158. The second kappa shape index (κ2) is 8.21. The molecular formula is C22H33N3O3. The number of rotatable bonds is 7. The number of likely N-dealkylation sites (tertiary alicyclic amines) is 1. The van der Waals surface area contributed by atoms with Gasteiger partial charge in [-0.3, -0.25) is 14.9 Å². The Morgan fingerprint density at radius 1 is 1.18 bits per heavy atom. The van der Waals surface area contributed by atoms with E-state index in [1.807, 2.05) is 0 Å². The van der Waals surface area contributed by atoms with Gasteiger partial charge in [0.05, 0.1) is 5.54 Å². The number of aliphatic hydroxyl groups is 1. The van der Waals surface area contributed by atoms with Crippen molar-refractivity contribution in [1.29, 1.82) is 0 Å². The molecule has 2 aliphatic rings. The Labute approximate surface area is 167 Å². The van der Waals surface area contributed by atoms with Crippen molar-refractivity contribution in [3.8, 4) is 0 Å². The monoisotopic (exact) mass is 387 g/mol. The Morgan fingerprint density at radius 2 is 1.82 bits per heavy atom. The molecule has 0 bridgehead atoms. The number of carbonyl (C=O) groups excluding carboxylic acids is 2. The van der Waals surface area contributed by atoms with Gasteiger partial charge in [0.25, 0.3) is 5.91 Å². The van der Waals surface area contributed by atoms with Crippen molar-refractivity contribution in [2.75, 3.05) is 13.1 Å². The van der Waals surface area contributed by atoms with Crippen LogP contribution in [-0.2, 0) is 16.1 Å². The van der Waals surface area contributed by atoms with Crippen LogP contribution in [0.1, 0.15) is 69.4 Å². The third-order valence-electron chi connectivity index (χ3n) is 6.37. The quantitative estimate of drug-likeness (QED) is 0.667. The van der Waals surface area contributed by atoms with Crippen molar-refractivity contribution in [1.82, 2.24) is 10.2 Å². The minimum absolute atomic E-state index is 0.0670. The minimum Gasteiger partial charge on any atom is -0.379 e. The number of nitrogens with zero attached hydrogens (tertiary/aromatic N) is 1. The normalized spacial score (nSPS) is 24.7. The molecule has 2 amide bonds. The van der Waals surface area contributed by atoms with E-state index in [1.165, 1.54) is 5.56 Å². The van der Waals surface area contributed by atoms with Crippen LogP contribution in [0.15, 0.2) is 24.3 Å². The number of nitrogens with one attached hydrogen (secondary N) is 1. The number of primary amides is 1. The van der Waals surface area contributed by atoms with Crippen LogP contribution in [0.4, 0.5) is 0 Å². The number of benzene rings is 1. The van der Waals surface area contributed by atoms with Gasteiger partial charge in [-0.2, -0.15) is 0 Å². The molecular weight excluding hydrogens is 354 g/mol. The SMILES string of the molecule is CC(C)c1ccc(CN2CCC[C@](O)(CNC3(C(N)=O)CCCC3)C2=O)cc1. The predicted molar refractivity (Wildman–Crippen MR) is 109 cm³/mol. The van der Waals surface area contributed by atoms with Gasteiger partial charge in [-0.1, -0.05) is 51.0 Å². The van der Waals surface area contributed by atoms with Crippen LogP contribution in [0, 0.1) is 0 Å². The van der Waals surface area contributed by atoms with Crippen LogP contribution in [0.5, 0.6) is 0 Å². The highest BCUT2D eigenvalue weighted by molar-refractivity contribution is 5.87. The maximum absolute atomic E-state index is 13.0. The number of amides is 2. The number of piperidine rings is 1. The van der Waals surface area contributed by atoms with Gasteiger partial charge in [0.1, 0.15) is 0 Å². The molecule has 2 fully saturated rings. The second-order valence-electron chi connectivity index (χ2n) is 8.77. The average Bonchev–Trinajstić information content (AvgIpc) is 3.15. The standard InChI is InChI=1S/C22H33N3O3/c1-16(2)18-8-6-17(7-9-18)14-25-13-5-12-22(28,20(25)27)15-24-21(19(23)26)10-3-4-11-21/h6-9,16,24,28H,3-5,10-15H2,1-2H3,(H2,23,26)/t22-/m0/s1. The van der Waals surface area contributed by atoms with E-state index in [-0.39, 0.29) is 18.4 Å². The molecule has 0 spiro atoms. The second-order valence-corrected chi connectivity index (χ2v) is 8.77. The van der Waals surface area contributed by atoms with E-state index in [4.69, 9.17) is 5.73 Å². The number of hydrogen-bond donors (Lipinski definition) is 3. The summed E-state index contributed by atoms with van der Waals surface area (Å²) in [5.74, 6) is -0.189. The first-order valence-corrected chi connectivity index (χ1v) is 10.4. The van der Waals surface area contributed by atoms with Gasteiger partial charge in [-0.25, -0.2) is 0 Å². The molecule has 1 aromatic rings. The van der Waals surface area contributed by atoms with Crippen LogP contribution < -0.4 is 11.1 Å². The van der Waals surface area contributed by atoms with Gasteiger partial charge in [0.15, 0.2) is 5.60 Å². The molecule has 0 aromatic heterocycles. The number of β-amino-alcohol motifs (C(OH)–C–C–N with tert-alkyl or cyclic N) is 1. The van der Waals surface area contributed by atoms with Crippen molar-refractivity contribution in [2.24, 2.45) is 5.73 Å². The first-order valence-electron chi connectivity index (χ1n) is 10.4. The van der Waals surface area contributed by atoms with Crippen LogP contribution in [-0.4, -0.2) is 46.1 Å². The molecule has 1 aromatic carbocycles. The maximum atomic E-state index is 13.0. The fourth-order valence-electron chi connectivity index (χ4n) is 4.41. The minimum atomic E-state index is -1.48. The van der Waals surface area contributed by atoms with Gasteiger partial charge in [0.2, 0.25) is 5.91 Å². The highest BCUT2D eigenvalue weighted by atomic mass is 16.3. The highest BCUT2D eigenvalue weighted by Gasteiger charge is 2.46. The Kier molecular flexibility index (Phi) is 6.10. The van der Waals surface area contributed by atoms with Crippen LogP contribution in [0.3, 0.4) is 0 Å². The van der Waals surface area contributed by atoms with E-state index in [2.05, 4.69) is 43.4 Å². The Balaban J connectivity index is 1.66. The topological polar surface area (TPSA) is 95.7 Å². The van der Waals surface area contributed by atoms with E-state index < -0.39 is 11.1 Å². The largest absolute Gasteiger partial charge is 0.379 e. The van der Waals surface area contributed by atoms with Crippen LogP contribution in [0.2, 0.25) is 0 Å². The molecule has 4 N–H and O–H groups in total. The van der Waals surface area contributed by atoms with E-state index in [1.54, 1.807) is 4.90 Å². The summed E-state index contributed by atoms with van der Waals surface area (Å²) in [7, 11) is 0. The summed E-state index contributed by atoms with van der Waals surface area (Å²) in [6, 6.07) is 8.29. The van der Waals surface area contributed by atoms with Crippen LogP contribution >= 0.6 is 0 Å². The van der Waals surface area contributed by atoms with Crippen LogP contribution in [0.25, 0.3) is 0 Å². The summed E-state index contributed by atoms with van der Waals surface area (Å²) in [4.78, 5) is 26.7. The summed E-state index contributed by atoms with van der Waals surface area (Å²) in [6.07, 6.45) is 4.33. The highest BCUT2D eigenvalue weighted by Crippen LogP contribution is 2.31. The molecule has 6 nitrogen and oxygen atoms in total. The van der Waals surface area contributed by atoms with Gasteiger partial charge in [-0.15, -0.1) is 0 Å². The van der Waals surface area contributed by atoms with E-state index >= 15 is 0 Å². The lowest BCUT2D eigenvalue weighted by Gasteiger charge is -2.40. The zero-order valence-electron chi connectivity index (χ0n) is 17.0. The molecule has 6 heteroatoms. The van der Waals surface area contributed by atoms with E-state index in [9.17, 15) is 14.7 Å². The molecule has 3 rings (SSSR count). The van der Waals surface area contributed by atoms with Crippen molar-refractivity contribution in [2.45, 2.75) is 76.0 Å². The first-order chi connectivity index (χ1) is 13.3. The smallest absolute Gasteiger partial charge is 0.256 e. The molecule has 154 valence electrons. The summed E-state index contributed by atoms with van der Waals surface area (Å²) >= 11 is 0. The first kappa shape index (κ1) is 20.8. The molecule has 0 unspecified atom stereocenters. The zero-order chi connectivity index (χ0) is 20.4. The van der Waals surface area contributed by atoms with Gasteiger partial charge in [0, 0.05) is 19.6 Å². The fraction of sp³-hybridized carbons (Fsp3) is 0.636. The van der Waals surface area contributed by atoms with Crippen molar-refractivity contribution < 1.29 is 14.7 Å². The predicted octanol–water partition coefficient (Wildman–Crippen LogP) is 2.05. The molecule has 1 aliphatic carbocycles. The molecule has 28 heavy (non-hydrogen) atoms. The van der Waals surface area contributed by atoms with Crippen molar-refractivity contribution in [3.63, 3.8) is 0 Å². The fourth-order valence-corrected chi connectivity index (χ4v) is 4.41.